The quantitative estimate of drug-likeness (QED) is 0.820. The van der Waals surface area contributed by atoms with Gasteiger partial charge in [0.05, 0.1) is 5.92 Å². The fourth-order valence-electron chi connectivity index (χ4n) is 2.68. The summed E-state index contributed by atoms with van der Waals surface area (Å²) in [6.07, 6.45) is -0.0287. The van der Waals surface area contributed by atoms with Crippen LogP contribution in [0.1, 0.15) is 16.8 Å². The van der Waals surface area contributed by atoms with E-state index in [0.29, 0.717) is 5.69 Å². The van der Waals surface area contributed by atoms with Crippen LogP contribution in [0.2, 0.25) is 0 Å². The molecule has 26 heavy (non-hydrogen) atoms. The Labute approximate surface area is 147 Å². The van der Waals surface area contributed by atoms with Crippen molar-refractivity contribution in [2.24, 2.45) is 5.92 Å². The molecule has 0 unspecified atom stereocenters. The van der Waals surface area contributed by atoms with Gasteiger partial charge in [-0.1, -0.05) is 6.07 Å². The predicted molar refractivity (Wildman–Crippen MR) is 88.9 cm³/mol. The van der Waals surface area contributed by atoms with Crippen molar-refractivity contribution < 1.29 is 23.2 Å². The molecule has 2 aromatic rings. The molecule has 2 N–H and O–H groups in total. The van der Waals surface area contributed by atoms with E-state index in [0.717, 1.165) is 6.07 Å². The summed E-state index contributed by atoms with van der Waals surface area (Å²) in [6, 6.07) is 10.4. The molecule has 0 aromatic heterocycles. The summed E-state index contributed by atoms with van der Waals surface area (Å²) in [7, 11) is 0. The summed E-state index contributed by atoms with van der Waals surface area (Å²) < 4.78 is 26.1. The zero-order valence-electron chi connectivity index (χ0n) is 13.5. The number of rotatable bonds is 3. The second-order valence-corrected chi connectivity index (χ2v) is 5.84. The Hall–Kier alpha value is -3.29. The molecule has 6 nitrogen and oxygen atoms in total. The highest BCUT2D eigenvalue weighted by Crippen LogP contribution is 2.25. The highest BCUT2D eigenvalue weighted by molar-refractivity contribution is 6.01. The lowest BCUT2D eigenvalue weighted by Gasteiger charge is -2.16. The zero-order valence-corrected chi connectivity index (χ0v) is 13.5. The van der Waals surface area contributed by atoms with Crippen LogP contribution in [0.4, 0.5) is 14.5 Å². The van der Waals surface area contributed by atoms with Gasteiger partial charge in [0, 0.05) is 24.2 Å². The van der Waals surface area contributed by atoms with Gasteiger partial charge in [0.25, 0.3) is 5.91 Å². The number of amides is 3. The summed E-state index contributed by atoms with van der Waals surface area (Å²) in [5, 5.41) is 0. The lowest BCUT2D eigenvalue weighted by atomic mass is 10.1. The molecule has 3 amide bonds. The van der Waals surface area contributed by atoms with Gasteiger partial charge in [-0.05, 0) is 42.5 Å². The molecule has 0 saturated carbocycles. The molecule has 0 bridgehead atoms. The molecule has 1 atom stereocenters. The second-order valence-electron chi connectivity index (χ2n) is 5.84. The summed E-state index contributed by atoms with van der Waals surface area (Å²) in [5.41, 5.74) is 4.99. The van der Waals surface area contributed by atoms with Crippen molar-refractivity contribution in [2.75, 3.05) is 11.4 Å². The Morgan fingerprint density at radius 3 is 2.42 bits per heavy atom. The minimum atomic E-state index is -0.669. The molecule has 1 fully saturated rings. The molecule has 1 aliphatic heterocycles. The van der Waals surface area contributed by atoms with Crippen molar-refractivity contribution in [3.05, 3.63) is 65.7 Å². The van der Waals surface area contributed by atoms with Gasteiger partial charge in [-0.25, -0.2) is 8.78 Å². The smallest absolute Gasteiger partial charge is 0.269 e. The molecule has 0 radical (unpaired) electrons. The molecule has 1 heterocycles. The summed E-state index contributed by atoms with van der Waals surface area (Å²) >= 11 is 0. The van der Waals surface area contributed by atoms with Crippen LogP contribution in [-0.2, 0) is 9.59 Å². The average Bonchev–Trinajstić information content (AvgIpc) is 3.02. The van der Waals surface area contributed by atoms with Crippen LogP contribution in [0.25, 0.3) is 0 Å². The molecule has 0 spiro atoms. The third-order valence-corrected chi connectivity index (χ3v) is 4.02. The van der Waals surface area contributed by atoms with Crippen LogP contribution in [0, 0.1) is 17.6 Å². The lowest BCUT2D eigenvalue weighted by Crippen LogP contribution is -2.45. The van der Waals surface area contributed by atoms with E-state index in [1.807, 2.05) is 0 Å². The number of carbonyl (C=O) groups is 3. The van der Waals surface area contributed by atoms with E-state index < -0.39 is 29.4 Å². The number of hydrogen-bond donors (Lipinski definition) is 2. The second kappa shape index (κ2) is 7.30. The number of carbonyl (C=O) groups excluding carboxylic acids is 3. The van der Waals surface area contributed by atoms with E-state index in [9.17, 15) is 23.2 Å². The normalized spacial score (nSPS) is 16.5. The van der Waals surface area contributed by atoms with Gasteiger partial charge in [-0.15, -0.1) is 0 Å². The van der Waals surface area contributed by atoms with E-state index >= 15 is 0 Å². The van der Waals surface area contributed by atoms with Gasteiger partial charge in [-0.2, -0.15) is 0 Å². The fourth-order valence-corrected chi connectivity index (χ4v) is 2.68. The Kier molecular flexibility index (Phi) is 4.92. The Morgan fingerprint density at radius 1 is 1.00 bits per heavy atom. The first kappa shape index (κ1) is 17.5. The maximum Gasteiger partial charge on any atom is 0.269 e. The van der Waals surface area contributed by atoms with Crippen molar-refractivity contribution in [1.29, 1.82) is 0 Å². The molecule has 134 valence electrons. The maximum absolute atomic E-state index is 13.1. The molecule has 1 aliphatic rings. The first-order chi connectivity index (χ1) is 12.4. The largest absolute Gasteiger partial charge is 0.312 e. The van der Waals surface area contributed by atoms with E-state index in [4.69, 9.17) is 0 Å². The molecule has 1 saturated heterocycles. The number of nitrogens with one attached hydrogen (secondary N) is 2. The van der Waals surface area contributed by atoms with E-state index in [2.05, 4.69) is 10.9 Å². The summed E-state index contributed by atoms with van der Waals surface area (Å²) in [6.45, 7) is 0.117. The molecule has 3 rings (SSSR count). The number of benzene rings is 2. The molecule has 8 heteroatoms. The zero-order chi connectivity index (χ0) is 18.7. The van der Waals surface area contributed by atoms with Crippen LogP contribution in [0.15, 0.2) is 48.5 Å². The number of nitrogens with zero attached hydrogens (tertiary/aromatic N) is 1. The number of hydrogen-bond acceptors (Lipinski definition) is 3. The van der Waals surface area contributed by atoms with Crippen molar-refractivity contribution in [2.45, 2.75) is 6.42 Å². The van der Waals surface area contributed by atoms with Gasteiger partial charge in [0.2, 0.25) is 11.8 Å². The SMILES string of the molecule is O=C(NNC(=O)[C@@H]1CC(=O)N(c2ccc(F)cc2)C1)c1cccc(F)c1. The van der Waals surface area contributed by atoms with Crippen molar-refractivity contribution in [1.82, 2.24) is 10.9 Å². The minimum Gasteiger partial charge on any atom is -0.312 e. The van der Waals surface area contributed by atoms with E-state index in [1.165, 1.54) is 47.4 Å². The van der Waals surface area contributed by atoms with Crippen LogP contribution in [0.5, 0.6) is 0 Å². The summed E-state index contributed by atoms with van der Waals surface area (Å²) in [5.74, 6) is -3.13. The van der Waals surface area contributed by atoms with Gasteiger partial charge in [0.15, 0.2) is 0 Å². The molecular weight excluding hydrogens is 344 g/mol. The Bertz CT molecular complexity index is 855. The Balaban J connectivity index is 1.58. The van der Waals surface area contributed by atoms with Gasteiger partial charge >= 0.3 is 0 Å². The standard InChI is InChI=1S/C18H15F2N3O3/c19-13-4-6-15(7-5-13)23-10-12(9-16(23)24)18(26)22-21-17(25)11-2-1-3-14(20)8-11/h1-8,12H,9-10H2,(H,21,25)(H,22,26)/t12-/m1/s1. The first-order valence-electron chi connectivity index (χ1n) is 7.86. The first-order valence-corrected chi connectivity index (χ1v) is 7.86. The third-order valence-electron chi connectivity index (χ3n) is 4.02. The summed E-state index contributed by atoms with van der Waals surface area (Å²) in [4.78, 5) is 37.6. The van der Waals surface area contributed by atoms with Gasteiger partial charge in [0.1, 0.15) is 11.6 Å². The molecular formula is C18H15F2N3O3. The highest BCUT2D eigenvalue weighted by Gasteiger charge is 2.35. The van der Waals surface area contributed by atoms with Crippen LogP contribution in [-0.4, -0.2) is 24.3 Å². The number of anilines is 1. The maximum atomic E-state index is 13.1. The molecule has 2 aromatic carbocycles. The van der Waals surface area contributed by atoms with Crippen molar-refractivity contribution in [3.63, 3.8) is 0 Å². The fraction of sp³-hybridized carbons (Fsp3) is 0.167. The topological polar surface area (TPSA) is 78.5 Å². The monoisotopic (exact) mass is 359 g/mol. The molecule has 0 aliphatic carbocycles. The lowest BCUT2D eigenvalue weighted by molar-refractivity contribution is -0.126. The minimum absolute atomic E-state index is 0.0287. The number of hydrazine groups is 1. The van der Waals surface area contributed by atoms with Gasteiger partial charge in [-0.3, -0.25) is 25.2 Å². The van der Waals surface area contributed by atoms with Crippen LogP contribution in [0.3, 0.4) is 0 Å². The van der Waals surface area contributed by atoms with Crippen LogP contribution >= 0.6 is 0 Å². The van der Waals surface area contributed by atoms with Crippen LogP contribution < -0.4 is 15.8 Å². The van der Waals surface area contributed by atoms with Gasteiger partial charge < -0.3 is 4.90 Å². The number of halogens is 2. The van der Waals surface area contributed by atoms with E-state index in [-0.39, 0.29) is 24.4 Å². The Morgan fingerprint density at radius 2 is 1.73 bits per heavy atom. The van der Waals surface area contributed by atoms with Crippen molar-refractivity contribution >= 4 is 23.4 Å². The highest BCUT2D eigenvalue weighted by atomic mass is 19.1. The van der Waals surface area contributed by atoms with Crippen molar-refractivity contribution in [3.8, 4) is 0 Å². The predicted octanol–water partition coefficient (Wildman–Crippen LogP) is 1.78. The third kappa shape index (κ3) is 3.85. The van der Waals surface area contributed by atoms with E-state index in [1.54, 1.807) is 0 Å². The average molecular weight is 359 g/mol.